The molecule has 30 heavy (non-hydrogen) atoms. The van der Waals surface area contributed by atoms with E-state index in [-0.39, 0.29) is 6.61 Å². The summed E-state index contributed by atoms with van der Waals surface area (Å²) in [6, 6.07) is 3.74. The van der Waals surface area contributed by atoms with Crippen molar-refractivity contribution >= 4 is 21.9 Å². The predicted octanol–water partition coefficient (Wildman–Crippen LogP) is 2.41. The lowest BCUT2D eigenvalue weighted by atomic mass is 9.91. The number of benzene rings is 1. The molecule has 162 valence electrons. The fourth-order valence-corrected chi connectivity index (χ4v) is 4.34. The van der Waals surface area contributed by atoms with Crippen LogP contribution in [0.1, 0.15) is 19.9 Å². The minimum Gasteiger partial charge on any atom is -0.479 e. The van der Waals surface area contributed by atoms with Crippen LogP contribution in [-0.2, 0) is 23.7 Å². The quantitative estimate of drug-likeness (QED) is 0.703. The van der Waals surface area contributed by atoms with E-state index in [1.807, 2.05) is 0 Å². The van der Waals surface area contributed by atoms with Gasteiger partial charge in [-0.05, 0) is 32.0 Å². The van der Waals surface area contributed by atoms with Gasteiger partial charge in [-0.2, -0.15) is 0 Å². The Morgan fingerprint density at radius 3 is 2.83 bits per heavy atom. The number of methoxy groups -OCH3 is 1. The van der Waals surface area contributed by atoms with E-state index in [2.05, 4.69) is 26.2 Å². The van der Waals surface area contributed by atoms with Gasteiger partial charge in [-0.25, -0.2) is 13.9 Å². The lowest BCUT2D eigenvalue weighted by Gasteiger charge is -2.50. The molecule has 2 aromatic rings. The van der Waals surface area contributed by atoms with Crippen molar-refractivity contribution in [3.05, 3.63) is 34.7 Å². The van der Waals surface area contributed by atoms with Crippen LogP contribution in [0.2, 0.25) is 0 Å². The number of hydrogen-bond donors (Lipinski definition) is 1. The lowest BCUT2D eigenvalue weighted by Crippen LogP contribution is -2.64. The monoisotopic (exact) mass is 485 g/mol. The van der Waals surface area contributed by atoms with Gasteiger partial charge in [0, 0.05) is 17.1 Å². The second-order valence-electron chi connectivity index (χ2n) is 7.66. The third kappa shape index (κ3) is 4.00. The number of rotatable bonds is 4. The van der Waals surface area contributed by atoms with E-state index < -0.39 is 48.0 Å². The van der Waals surface area contributed by atoms with Crippen LogP contribution in [0.3, 0.4) is 0 Å². The van der Waals surface area contributed by atoms with Crippen molar-refractivity contribution in [1.82, 2.24) is 15.0 Å². The molecule has 2 saturated heterocycles. The molecule has 1 aromatic carbocycles. The summed E-state index contributed by atoms with van der Waals surface area (Å²) in [4.78, 5) is 11.8. The zero-order valence-corrected chi connectivity index (χ0v) is 18.1. The molecule has 0 saturated carbocycles. The maximum absolute atomic E-state index is 13.8. The molecule has 11 heteroatoms. The van der Waals surface area contributed by atoms with Crippen LogP contribution in [0, 0.1) is 5.82 Å². The number of ether oxygens (including phenoxy) is 4. The number of hydrogen-bond acceptors (Lipinski definition) is 7. The minimum atomic E-state index is -1.24. The molecule has 3 heterocycles. The second kappa shape index (κ2) is 7.97. The summed E-state index contributed by atoms with van der Waals surface area (Å²) in [7, 11) is 1.41. The molecule has 0 spiro atoms. The Morgan fingerprint density at radius 1 is 1.40 bits per heavy atom. The molecule has 0 amide bonds. The SMILES string of the molecule is CO[C@@H]1[C@@H](n2cc(-c3cc(F)cc(Br)c3)nn2)[C@H]2OC(C)(C)OC[C@H]2O[C@H]1C(=O)O. The second-order valence-corrected chi connectivity index (χ2v) is 8.58. The summed E-state index contributed by atoms with van der Waals surface area (Å²) in [5, 5.41) is 18.0. The van der Waals surface area contributed by atoms with Gasteiger partial charge < -0.3 is 24.1 Å². The molecule has 1 N–H and O–H groups in total. The number of halogens is 2. The Morgan fingerprint density at radius 2 is 2.17 bits per heavy atom. The first-order chi connectivity index (χ1) is 14.2. The van der Waals surface area contributed by atoms with E-state index in [9.17, 15) is 14.3 Å². The number of carbonyl (C=O) groups is 1. The Kier molecular flexibility index (Phi) is 5.66. The highest BCUT2D eigenvalue weighted by atomic mass is 79.9. The van der Waals surface area contributed by atoms with Gasteiger partial charge in [-0.1, -0.05) is 21.1 Å². The molecule has 0 unspecified atom stereocenters. The largest absolute Gasteiger partial charge is 0.479 e. The van der Waals surface area contributed by atoms with Gasteiger partial charge in [-0.15, -0.1) is 5.10 Å². The normalized spacial score (nSPS) is 30.6. The molecule has 1 aromatic heterocycles. The van der Waals surface area contributed by atoms with Crippen molar-refractivity contribution < 1.29 is 33.2 Å². The maximum Gasteiger partial charge on any atom is 0.335 e. The molecule has 2 aliphatic rings. The first-order valence-electron chi connectivity index (χ1n) is 9.29. The molecule has 9 nitrogen and oxygen atoms in total. The van der Waals surface area contributed by atoms with Crippen LogP contribution >= 0.6 is 15.9 Å². The standard InChI is InChI=1S/C19H21BrFN3O6/c1-19(2)28-8-13-15(30-19)14(16(27-3)17(29-13)18(25)26)24-7-12(22-23-24)9-4-10(20)6-11(21)5-9/h4-7,13-17H,8H2,1-3H3,(H,25,26)/t13-,14+,15+,16-,17-/m1/s1. The summed E-state index contributed by atoms with van der Waals surface area (Å²) < 4.78 is 38.9. The number of nitrogens with zero attached hydrogens (tertiary/aromatic N) is 3. The molecule has 0 radical (unpaired) electrons. The Bertz CT molecular complexity index is 934. The zero-order chi connectivity index (χ0) is 21.6. The molecule has 4 rings (SSSR count). The Balaban J connectivity index is 1.74. The van der Waals surface area contributed by atoms with E-state index in [1.165, 1.54) is 23.9 Å². The smallest absolute Gasteiger partial charge is 0.335 e. The number of carboxylic acids is 1. The van der Waals surface area contributed by atoms with Gasteiger partial charge in [-0.3, -0.25) is 0 Å². The lowest BCUT2D eigenvalue weighted by molar-refractivity contribution is -0.347. The average molecular weight is 486 g/mol. The summed E-state index contributed by atoms with van der Waals surface area (Å²) in [5.41, 5.74) is 0.944. The molecule has 2 fully saturated rings. The van der Waals surface area contributed by atoms with Gasteiger partial charge in [0.2, 0.25) is 0 Å². The third-order valence-corrected chi connectivity index (χ3v) is 5.62. The first kappa shape index (κ1) is 21.3. The minimum absolute atomic E-state index is 0.160. The van der Waals surface area contributed by atoms with Gasteiger partial charge in [0.1, 0.15) is 35.9 Å². The molecule has 2 aliphatic heterocycles. The number of carboxylic acid groups (broad SMARTS) is 1. The number of fused-ring (bicyclic) bond motifs is 1. The highest BCUT2D eigenvalue weighted by molar-refractivity contribution is 9.10. The Labute approximate surface area is 180 Å². The van der Waals surface area contributed by atoms with Crippen molar-refractivity contribution in [3.8, 4) is 11.3 Å². The third-order valence-electron chi connectivity index (χ3n) is 5.16. The van der Waals surface area contributed by atoms with Crippen LogP contribution in [-0.4, -0.2) is 70.0 Å². The van der Waals surface area contributed by atoms with E-state index in [0.29, 0.717) is 15.7 Å². The van der Waals surface area contributed by atoms with Crippen LogP contribution in [0.4, 0.5) is 4.39 Å². The molecular weight excluding hydrogens is 465 g/mol. The van der Waals surface area contributed by atoms with Crippen molar-refractivity contribution in [3.63, 3.8) is 0 Å². The van der Waals surface area contributed by atoms with Crippen LogP contribution in [0.25, 0.3) is 11.3 Å². The van der Waals surface area contributed by atoms with E-state index >= 15 is 0 Å². The van der Waals surface area contributed by atoms with Crippen molar-refractivity contribution in [2.45, 2.75) is 50.1 Å². The predicted molar refractivity (Wildman–Crippen MR) is 104 cm³/mol. The highest BCUT2D eigenvalue weighted by Gasteiger charge is 2.54. The average Bonchev–Trinajstić information content (AvgIpc) is 3.14. The van der Waals surface area contributed by atoms with Crippen LogP contribution in [0.5, 0.6) is 0 Å². The van der Waals surface area contributed by atoms with E-state index in [4.69, 9.17) is 18.9 Å². The van der Waals surface area contributed by atoms with Crippen molar-refractivity contribution in [2.75, 3.05) is 13.7 Å². The van der Waals surface area contributed by atoms with Gasteiger partial charge >= 0.3 is 5.97 Å². The molecule has 0 bridgehead atoms. The van der Waals surface area contributed by atoms with Crippen molar-refractivity contribution in [1.29, 1.82) is 0 Å². The summed E-state index contributed by atoms with van der Waals surface area (Å²) >= 11 is 3.27. The van der Waals surface area contributed by atoms with Crippen molar-refractivity contribution in [2.24, 2.45) is 0 Å². The summed E-state index contributed by atoms with van der Waals surface area (Å²) in [5.74, 6) is -2.48. The Hall–Kier alpha value is -1.92. The summed E-state index contributed by atoms with van der Waals surface area (Å²) in [6.45, 7) is 3.69. The van der Waals surface area contributed by atoms with Crippen LogP contribution < -0.4 is 0 Å². The van der Waals surface area contributed by atoms with E-state index in [1.54, 1.807) is 26.1 Å². The van der Waals surface area contributed by atoms with Crippen LogP contribution in [0.15, 0.2) is 28.9 Å². The number of aliphatic carboxylic acids is 1. The van der Waals surface area contributed by atoms with E-state index in [0.717, 1.165) is 0 Å². The number of aromatic nitrogens is 3. The molecule has 5 atom stereocenters. The molecular formula is C19H21BrFN3O6. The maximum atomic E-state index is 13.8. The summed E-state index contributed by atoms with van der Waals surface area (Å²) in [6.07, 6.45) is -1.75. The van der Waals surface area contributed by atoms with Gasteiger partial charge in [0.05, 0.1) is 12.8 Å². The van der Waals surface area contributed by atoms with Gasteiger partial charge in [0.25, 0.3) is 0 Å². The topological polar surface area (TPSA) is 105 Å². The fraction of sp³-hybridized carbons (Fsp3) is 0.526. The first-order valence-corrected chi connectivity index (χ1v) is 10.1. The van der Waals surface area contributed by atoms with Gasteiger partial charge in [0.15, 0.2) is 11.9 Å². The zero-order valence-electron chi connectivity index (χ0n) is 16.5. The highest BCUT2D eigenvalue weighted by Crippen LogP contribution is 2.39. The fourth-order valence-electron chi connectivity index (χ4n) is 3.87. The molecule has 0 aliphatic carbocycles.